The Labute approximate surface area is 120 Å². The predicted molar refractivity (Wildman–Crippen MR) is 77.2 cm³/mol. The fraction of sp³-hybridized carbons (Fsp3) is 0.688. The summed E-state index contributed by atoms with van der Waals surface area (Å²) in [5, 5.41) is 20.9. The van der Waals surface area contributed by atoms with Crippen molar-refractivity contribution in [1.29, 1.82) is 0 Å². The molecule has 0 unspecified atom stereocenters. The number of likely N-dealkylation sites (tertiary alicyclic amines) is 1. The summed E-state index contributed by atoms with van der Waals surface area (Å²) in [6.45, 7) is 1.71. The summed E-state index contributed by atoms with van der Waals surface area (Å²) in [5.74, 6) is 0. The van der Waals surface area contributed by atoms with Gasteiger partial charge in [-0.25, -0.2) is 0 Å². The molecule has 1 aromatic heterocycles. The molecule has 0 radical (unpaired) electrons. The number of aliphatic hydroxyl groups excluding tert-OH is 1. The normalized spacial score (nSPS) is 31.1. The van der Waals surface area contributed by atoms with E-state index in [1.807, 2.05) is 12.1 Å². The standard InChI is InChI=1S/C16H24N2O2/c19-15-6-2-1-5-14(15)18-10-7-16(20,8-11-18)13-4-3-9-17-12-13/h3-4,9,12,14-15,19-20H,1-2,5-8,10-11H2/t14-,15+/m0/s1. The molecule has 20 heavy (non-hydrogen) atoms. The fourth-order valence-corrected chi connectivity index (χ4v) is 3.67. The van der Waals surface area contributed by atoms with E-state index in [1.54, 1.807) is 12.4 Å². The Morgan fingerprint density at radius 1 is 1.20 bits per heavy atom. The van der Waals surface area contributed by atoms with Gasteiger partial charge in [-0.05, 0) is 31.7 Å². The van der Waals surface area contributed by atoms with Crippen LogP contribution >= 0.6 is 0 Å². The van der Waals surface area contributed by atoms with E-state index in [0.717, 1.165) is 50.8 Å². The highest BCUT2D eigenvalue weighted by Gasteiger charge is 2.38. The van der Waals surface area contributed by atoms with Crippen LogP contribution in [0.4, 0.5) is 0 Å². The Bertz CT molecular complexity index is 429. The van der Waals surface area contributed by atoms with Gasteiger partial charge in [0.15, 0.2) is 0 Å². The molecule has 2 atom stereocenters. The molecule has 1 aliphatic heterocycles. The van der Waals surface area contributed by atoms with Gasteiger partial charge in [-0.15, -0.1) is 0 Å². The van der Waals surface area contributed by atoms with Crippen LogP contribution < -0.4 is 0 Å². The molecule has 0 spiro atoms. The molecular formula is C16H24N2O2. The molecule has 2 heterocycles. The van der Waals surface area contributed by atoms with Gasteiger partial charge in [0.1, 0.15) is 0 Å². The van der Waals surface area contributed by atoms with Crippen LogP contribution in [-0.2, 0) is 5.60 Å². The summed E-state index contributed by atoms with van der Waals surface area (Å²) in [6.07, 6.45) is 9.14. The van der Waals surface area contributed by atoms with Crippen molar-refractivity contribution in [1.82, 2.24) is 9.88 Å². The third kappa shape index (κ3) is 2.73. The molecule has 0 aromatic carbocycles. The van der Waals surface area contributed by atoms with Gasteiger partial charge in [0.2, 0.25) is 0 Å². The molecule has 0 bridgehead atoms. The summed E-state index contributed by atoms with van der Waals surface area (Å²) in [6, 6.07) is 4.13. The number of nitrogens with zero attached hydrogens (tertiary/aromatic N) is 2. The zero-order valence-electron chi connectivity index (χ0n) is 11.9. The molecular weight excluding hydrogens is 252 g/mol. The van der Waals surface area contributed by atoms with Crippen LogP contribution in [0.25, 0.3) is 0 Å². The Kier molecular flexibility index (Phi) is 4.06. The van der Waals surface area contributed by atoms with Gasteiger partial charge in [0.05, 0.1) is 11.7 Å². The van der Waals surface area contributed by atoms with Crippen molar-refractivity contribution in [3.05, 3.63) is 30.1 Å². The predicted octanol–water partition coefficient (Wildman–Crippen LogP) is 1.67. The van der Waals surface area contributed by atoms with Gasteiger partial charge < -0.3 is 10.2 Å². The Morgan fingerprint density at radius 3 is 2.60 bits per heavy atom. The summed E-state index contributed by atoms with van der Waals surface area (Å²) in [4.78, 5) is 6.48. The van der Waals surface area contributed by atoms with Gasteiger partial charge in [-0.3, -0.25) is 9.88 Å². The SMILES string of the molecule is O[C@@H]1CCCC[C@@H]1N1CCC(O)(c2cccnc2)CC1. The fourth-order valence-electron chi connectivity index (χ4n) is 3.67. The highest BCUT2D eigenvalue weighted by molar-refractivity contribution is 5.19. The molecule has 1 aromatic rings. The van der Waals surface area contributed by atoms with Gasteiger partial charge in [-0.2, -0.15) is 0 Å². The van der Waals surface area contributed by atoms with E-state index >= 15 is 0 Å². The number of piperidine rings is 1. The van der Waals surface area contributed by atoms with Crippen LogP contribution in [0, 0.1) is 0 Å². The Morgan fingerprint density at radius 2 is 1.95 bits per heavy atom. The number of hydrogen-bond donors (Lipinski definition) is 2. The van der Waals surface area contributed by atoms with E-state index in [9.17, 15) is 10.2 Å². The molecule has 1 aliphatic carbocycles. The van der Waals surface area contributed by atoms with Crippen LogP contribution in [0.15, 0.2) is 24.5 Å². The van der Waals surface area contributed by atoms with E-state index in [-0.39, 0.29) is 6.10 Å². The number of aromatic nitrogens is 1. The molecule has 1 saturated carbocycles. The maximum Gasteiger partial charge on any atom is 0.0935 e. The summed E-state index contributed by atoms with van der Waals surface area (Å²) in [5.41, 5.74) is 0.175. The minimum Gasteiger partial charge on any atom is -0.391 e. The number of hydrogen-bond acceptors (Lipinski definition) is 4. The first-order chi connectivity index (χ1) is 9.69. The molecule has 1 saturated heterocycles. The lowest BCUT2D eigenvalue weighted by Crippen LogP contribution is -2.51. The van der Waals surface area contributed by atoms with Crippen molar-refractivity contribution >= 4 is 0 Å². The minimum absolute atomic E-state index is 0.187. The highest BCUT2D eigenvalue weighted by atomic mass is 16.3. The van der Waals surface area contributed by atoms with Gasteiger partial charge in [0, 0.05) is 37.1 Å². The number of aliphatic hydroxyl groups is 2. The summed E-state index contributed by atoms with van der Waals surface area (Å²) < 4.78 is 0. The van der Waals surface area contributed by atoms with Crippen molar-refractivity contribution < 1.29 is 10.2 Å². The quantitative estimate of drug-likeness (QED) is 0.862. The van der Waals surface area contributed by atoms with E-state index in [0.29, 0.717) is 6.04 Å². The van der Waals surface area contributed by atoms with Gasteiger partial charge in [0.25, 0.3) is 0 Å². The Hall–Kier alpha value is -0.970. The molecule has 4 nitrogen and oxygen atoms in total. The second kappa shape index (κ2) is 5.80. The second-order valence-corrected chi connectivity index (χ2v) is 6.23. The maximum absolute atomic E-state index is 10.8. The third-order valence-corrected chi connectivity index (χ3v) is 4.99. The van der Waals surface area contributed by atoms with Crippen molar-refractivity contribution in [2.24, 2.45) is 0 Å². The van der Waals surface area contributed by atoms with E-state index in [1.165, 1.54) is 6.42 Å². The van der Waals surface area contributed by atoms with E-state index < -0.39 is 5.60 Å². The lowest BCUT2D eigenvalue weighted by Gasteiger charge is -2.44. The average Bonchev–Trinajstić information content (AvgIpc) is 2.50. The zero-order chi connectivity index (χ0) is 14.0. The van der Waals surface area contributed by atoms with Crippen LogP contribution in [0.1, 0.15) is 44.1 Å². The molecule has 0 amide bonds. The van der Waals surface area contributed by atoms with Crippen LogP contribution in [-0.4, -0.2) is 45.3 Å². The first kappa shape index (κ1) is 14.0. The van der Waals surface area contributed by atoms with Crippen molar-refractivity contribution in [3.63, 3.8) is 0 Å². The molecule has 2 aliphatic rings. The van der Waals surface area contributed by atoms with Crippen molar-refractivity contribution in [2.75, 3.05) is 13.1 Å². The van der Waals surface area contributed by atoms with E-state index in [2.05, 4.69) is 9.88 Å². The lowest BCUT2D eigenvalue weighted by atomic mass is 9.83. The number of pyridine rings is 1. The lowest BCUT2D eigenvalue weighted by molar-refractivity contribution is -0.0607. The third-order valence-electron chi connectivity index (χ3n) is 4.99. The summed E-state index contributed by atoms with van der Waals surface area (Å²) in [7, 11) is 0. The molecule has 4 heteroatoms. The van der Waals surface area contributed by atoms with Gasteiger partial charge >= 0.3 is 0 Å². The molecule has 3 rings (SSSR count). The first-order valence-corrected chi connectivity index (χ1v) is 7.74. The first-order valence-electron chi connectivity index (χ1n) is 7.74. The number of rotatable bonds is 2. The minimum atomic E-state index is -0.746. The van der Waals surface area contributed by atoms with Crippen molar-refractivity contribution in [3.8, 4) is 0 Å². The van der Waals surface area contributed by atoms with Crippen LogP contribution in [0.3, 0.4) is 0 Å². The average molecular weight is 276 g/mol. The maximum atomic E-state index is 10.8. The second-order valence-electron chi connectivity index (χ2n) is 6.23. The van der Waals surface area contributed by atoms with Crippen LogP contribution in [0.2, 0.25) is 0 Å². The molecule has 2 fully saturated rings. The monoisotopic (exact) mass is 276 g/mol. The van der Waals surface area contributed by atoms with Crippen molar-refractivity contribution in [2.45, 2.75) is 56.3 Å². The zero-order valence-corrected chi connectivity index (χ0v) is 11.9. The smallest absolute Gasteiger partial charge is 0.0935 e. The Balaban J connectivity index is 1.64. The van der Waals surface area contributed by atoms with Gasteiger partial charge in [-0.1, -0.05) is 18.9 Å². The topological polar surface area (TPSA) is 56.6 Å². The van der Waals surface area contributed by atoms with Crippen LogP contribution in [0.5, 0.6) is 0 Å². The molecule has 2 N–H and O–H groups in total. The van der Waals surface area contributed by atoms with E-state index in [4.69, 9.17) is 0 Å². The largest absolute Gasteiger partial charge is 0.391 e. The highest BCUT2D eigenvalue weighted by Crippen LogP contribution is 2.35. The molecule has 110 valence electrons. The summed E-state index contributed by atoms with van der Waals surface area (Å²) >= 11 is 0.